The van der Waals surface area contributed by atoms with E-state index in [-0.39, 0.29) is 5.91 Å². The van der Waals surface area contributed by atoms with Crippen molar-refractivity contribution in [1.29, 1.82) is 0 Å². The molecule has 1 aliphatic carbocycles. The Labute approximate surface area is 92.0 Å². The summed E-state index contributed by atoms with van der Waals surface area (Å²) < 4.78 is 0. The minimum absolute atomic E-state index is 0.0400. The van der Waals surface area contributed by atoms with E-state index >= 15 is 0 Å². The highest BCUT2D eigenvalue weighted by molar-refractivity contribution is 5.74. The van der Waals surface area contributed by atoms with Gasteiger partial charge >= 0.3 is 0 Å². The molecule has 0 saturated carbocycles. The van der Waals surface area contributed by atoms with Gasteiger partial charge in [-0.1, -0.05) is 30.9 Å². The number of amides is 1. The standard InChI is InChI=1S/C13H19NO/c1-3-14(12(2)15)11-7-10-13-8-5-4-6-9-13/h3-5,7,10,13H,1,6,8-9,11H2,2H3/b10-7+. The Morgan fingerprint density at radius 1 is 1.60 bits per heavy atom. The van der Waals surface area contributed by atoms with Gasteiger partial charge in [0.15, 0.2) is 0 Å². The average molecular weight is 205 g/mol. The van der Waals surface area contributed by atoms with E-state index in [4.69, 9.17) is 0 Å². The van der Waals surface area contributed by atoms with E-state index in [1.807, 2.05) is 0 Å². The summed E-state index contributed by atoms with van der Waals surface area (Å²) in [5.74, 6) is 0.687. The molecule has 0 spiro atoms. The van der Waals surface area contributed by atoms with Gasteiger partial charge in [-0.25, -0.2) is 0 Å². The molecule has 15 heavy (non-hydrogen) atoms. The minimum Gasteiger partial charge on any atom is -0.316 e. The maximum atomic E-state index is 11.1. The van der Waals surface area contributed by atoms with Gasteiger partial charge in [0.05, 0.1) is 0 Å². The predicted molar refractivity (Wildman–Crippen MR) is 63.2 cm³/mol. The molecule has 0 aliphatic heterocycles. The molecule has 0 N–H and O–H groups in total. The van der Waals surface area contributed by atoms with Crippen LogP contribution in [0.5, 0.6) is 0 Å². The Kier molecular flexibility index (Phi) is 4.88. The molecule has 1 aliphatic rings. The molecule has 1 rings (SSSR count). The second-order valence-corrected chi connectivity index (χ2v) is 3.83. The summed E-state index contributed by atoms with van der Waals surface area (Å²) in [6.45, 7) is 5.80. The van der Waals surface area contributed by atoms with Crippen molar-refractivity contribution in [2.45, 2.75) is 26.2 Å². The van der Waals surface area contributed by atoms with E-state index in [0.717, 1.165) is 6.42 Å². The number of hydrogen-bond donors (Lipinski definition) is 0. The molecule has 2 nitrogen and oxygen atoms in total. The first-order chi connectivity index (χ1) is 7.24. The second-order valence-electron chi connectivity index (χ2n) is 3.83. The van der Waals surface area contributed by atoms with Crippen LogP contribution in [-0.4, -0.2) is 17.4 Å². The molecule has 2 heteroatoms. The van der Waals surface area contributed by atoms with Gasteiger partial charge in [0.25, 0.3) is 0 Å². The lowest BCUT2D eigenvalue weighted by atomic mass is 9.94. The Morgan fingerprint density at radius 3 is 2.93 bits per heavy atom. The number of carbonyl (C=O) groups is 1. The van der Waals surface area contributed by atoms with Gasteiger partial charge in [-0.2, -0.15) is 0 Å². The van der Waals surface area contributed by atoms with Crippen LogP contribution in [0.3, 0.4) is 0 Å². The van der Waals surface area contributed by atoms with Crippen molar-refractivity contribution < 1.29 is 4.79 Å². The quantitative estimate of drug-likeness (QED) is 0.646. The largest absolute Gasteiger partial charge is 0.316 e. The van der Waals surface area contributed by atoms with Crippen LogP contribution in [0, 0.1) is 5.92 Å². The molecule has 0 heterocycles. The zero-order valence-corrected chi connectivity index (χ0v) is 9.36. The third-order valence-corrected chi connectivity index (χ3v) is 2.64. The molecule has 0 aromatic carbocycles. The molecular formula is C13H19NO. The minimum atomic E-state index is 0.0400. The summed E-state index contributed by atoms with van der Waals surface area (Å²) in [4.78, 5) is 12.7. The molecule has 82 valence electrons. The van der Waals surface area contributed by atoms with Gasteiger partial charge in [-0.15, -0.1) is 0 Å². The first-order valence-corrected chi connectivity index (χ1v) is 5.45. The Balaban J connectivity index is 2.34. The van der Waals surface area contributed by atoms with Crippen LogP contribution < -0.4 is 0 Å². The number of nitrogens with zero attached hydrogens (tertiary/aromatic N) is 1. The lowest BCUT2D eigenvalue weighted by Gasteiger charge is -2.15. The van der Waals surface area contributed by atoms with E-state index < -0.39 is 0 Å². The van der Waals surface area contributed by atoms with Crippen molar-refractivity contribution in [3.8, 4) is 0 Å². The van der Waals surface area contributed by atoms with Gasteiger partial charge in [0.1, 0.15) is 0 Å². The van der Waals surface area contributed by atoms with Crippen molar-refractivity contribution in [3.05, 3.63) is 37.1 Å². The summed E-state index contributed by atoms with van der Waals surface area (Å²) >= 11 is 0. The summed E-state index contributed by atoms with van der Waals surface area (Å²) in [7, 11) is 0. The third kappa shape index (κ3) is 4.15. The highest BCUT2D eigenvalue weighted by Gasteiger charge is 2.06. The van der Waals surface area contributed by atoms with Crippen molar-refractivity contribution >= 4 is 5.91 Å². The number of hydrogen-bond acceptors (Lipinski definition) is 1. The maximum absolute atomic E-state index is 11.1. The average Bonchev–Trinajstić information content (AvgIpc) is 2.25. The molecular weight excluding hydrogens is 186 g/mol. The fourth-order valence-corrected chi connectivity index (χ4v) is 1.69. The smallest absolute Gasteiger partial charge is 0.223 e. The highest BCUT2D eigenvalue weighted by Crippen LogP contribution is 2.18. The molecule has 0 saturated heterocycles. The normalized spacial score (nSPS) is 20.5. The topological polar surface area (TPSA) is 20.3 Å². The third-order valence-electron chi connectivity index (χ3n) is 2.64. The van der Waals surface area contributed by atoms with E-state index in [0.29, 0.717) is 12.5 Å². The Morgan fingerprint density at radius 2 is 2.40 bits per heavy atom. The first-order valence-electron chi connectivity index (χ1n) is 5.45. The van der Waals surface area contributed by atoms with Crippen LogP contribution in [0.25, 0.3) is 0 Å². The van der Waals surface area contributed by atoms with Crippen LogP contribution in [0.1, 0.15) is 26.2 Å². The Hall–Kier alpha value is -1.31. The van der Waals surface area contributed by atoms with Crippen LogP contribution in [-0.2, 0) is 4.79 Å². The van der Waals surface area contributed by atoms with Gasteiger partial charge in [0.2, 0.25) is 5.91 Å². The zero-order valence-electron chi connectivity index (χ0n) is 9.36. The van der Waals surface area contributed by atoms with Crippen molar-refractivity contribution in [2.75, 3.05) is 6.54 Å². The second kappa shape index (κ2) is 6.23. The summed E-state index contributed by atoms with van der Waals surface area (Å²) in [6.07, 6.45) is 13.8. The predicted octanol–water partition coefficient (Wildman–Crippen LogP) is 2.89. The zero-order chi connectivity index (χ0) is 11.1. The van der Waals surface area contributed by atoms with Crippen LogP contribution >= 0.6 is 0 Å². The monoisotopic (exact) mass is 205 g/mol. The van der Waals surface area contributed by atoms with Crippen LogP contribution in [0.15, 0.2) is 37.1 Å². The highest BCUT2D eigenvalue weighted by atomic mass is 16.2. The lowest BCUT2D eigenvalue weighted by molar-refractivity contribution is -0.125. The van der Waals surface area contributed by atoms with Crippen molar-refractivity contribution in [1.82, 2.24) is 4.90 Å². The summed E-state index contributed by atoms with van der Waals surface area (Å²) in [5.41, 5.74) is 0. The van der Waals surface area contributed by atoms with E-state index in [1.165, 1.54) is 12.8 Å². The van der Waals surface area contributed by atoms with Crippen molar-refractivity contribution in [2.24, 2.45) is 5.92 Å². The van der Waals surface area contributed by atoms with Crippen LogP contribution in [0.2, 0.25) is 0 Å². The van der Waals surface area contributed by atoms with Gasteiger partial charge in [0, 0.05) is 13.5 Å². The first kappa shape index (κ1) is 11.8. The molecule has 1 amide bonds. The lowest BCUT2D eigenvalue weighted by Crippen LogP contribution is -2.22. The molecule has 0 bridgehead atoms. The van der Waals surface area contributed by atoms with E-state index in [1.54, 1.807) is 18.0 Å². The molecule has 1 atom stereocenters. The maximum Gasteiger partial charge on any atom is 0.223 e. The van der Waals surface area contributed by atoms with E-state index in [9.17, 15) is 4.79 Å². The number of carbonyl (C=O) groups excluding carboxylic acids is 1. The van der Waals surface area contributed by atoms with Gasteiger partial charge in [-0.05, 0) is 31.4 Å². The number of allylic oxidation sites excluding steroid dienone is 3. The summed E-state index contributed by atoms with van der Waals surface area (Å²) in [5, 5.41) is 0. The van der Waals surface area contributed by atoms with Crippen molar-refractivity contribution in [3.63, 3.8) is 0 Å². The molecule has 0 aromatic rings. The molecule has 1 unspecified atom stereocenters. The summed E-state index contributed by atoms with van der Waals surface area (Å²) in [6, 6.07) is 0. The SMILES string of the molecule is C=CN(C/C=C/C1CC=CCC1)C(C)=O. The molecule has 0 fully saturated rings. The van der Waals surface area contributed by atoms with Gasteiger partial charge in [-0.3, -0.25) is 4.79 Å². The fraction of sp³-hybridized carbons (Fsp3) is 0.462. The molecule has 0 radical (unpaired) electrons. The fourth-order valence-electron chi connectivity index (χ4n) is 1.69. The number of rotatable bonds is 4. The molecule has 0 aromatic heterocycles. The van der Waals surface area contributed by atoms with Crippen LogP contribution in [0.4, 0.5) is 0 Å². The van der Waals surface area contributed by atoms with E-state index in [2.05, 4.69) is 30.9 Å². The van der Waals surface area contributed by atoms with Gasteiger partial charge < -0.3 is 4.90 Å². The Bertz CT molecular complexity index is 278.